The average molecular weight is 1030 g/mol. The monoisotopic (exact) mass is 1030 g/mol. The van der Waals surface area contributed by atoms with Crippen LogP contribution in [0.1, 0.15) is 226 Å². The highest BCUT2D eigenvalue weighted by atomic mass is 16.7. The van der Waals surface area contributed by atoms with Crippen LogP contribution in [0, 0.1) is 0 Å². The molecule has 2 unspecified atom stereocenters. The van der Waals surface area contributed by atoms with Crippen molar-refractivity contribution >= 4 is 17.9 Å². The molecule has 1 N–H and O–H groups in total. The third-order valence-electron chi connectivity index (χ3n) is 12.3. The normalized spacial score (nSPS) is 13.6. The van der Waals surface area contributed by atoms with Gasteiger partial charge in [-0.15, -0.1) is 0 Å². The number of carboxylic acid groups (broad SMARTS) is 1. The van der Waals surface area contributed by atoms with Crippen LogP contribution >= 0.6 is 0 Å². The van der Waals surface area contributed by atoms with Gasteiger partial charge in [0.2, 0.25) is 0 Å². The molecule has 0 radical (unpaired) electrons. The maximum absolute atomic E-state index is 12.9. The highest BCUT2D eigenvalue weighted by Crippen LogP contribution is 2.15. The lowest BCUT2D eigenvalue weighted by Crippen LogP contribution is -2.40. The van der Waals surface area contributed by atoms with Gasteiger partial charge < -0.3 is 28.5 Å². The summed E-state index contributed by atoms with van der Waals surface area (Å²) in [7, 11) is 5.95. The number of aliphatic carboxylic acids is 1. The maximum Gasteiger partial charge on any atom is 0.361 e. The van der Waals surface area contributed by atoms with Crippen LogP contribution in [0.15, 0.2) is 109 Å². The van der Waals surface area contributed by atoms with Crippen LogP contribution < -0.4 is 0 Å². The molecule has 9 nitrogen and oxygen atoms in total. The molecule has 0 fully saturated rings. The summed E-state index contributed by atoms with van der Waals surface area (Å²) in [4.78, 5) is 37.4. The summed E-state index contributed by atoms with van der Waals surface area (Å²) in [5.74, 6) is -2.04. The predicted molar refractivity (Wildman–Crippen MR) is 313 cm³/mol. The zero-order chi connectivity index (χ0) is 54.1. The maximum atomic E-state index is 12.9. The number of carbonyl (C=O) groups is 3. The number of ether oxygens (including phenoxy) is 4. The summed E-state index contributed by atoms with van der Waals surface area (Å²) in [5.41, 5.74) is 0. The Hall–Kier alpha value is -4.05. The van der Waals surface area contributed by atoms with Crippen molar-refractivity contribution in [3.8, 4) is 0 Å². The number of esters is 2. The molecule has 0 aromatic carbocycles. The third kappa shape index (κ3) is 55.7. The average Bonchev–Trinajstić information content (AvgIpc) is 3.37. The van der Waals surface area contributed by atoms with Crippen LogP contribution in [0.3, 0.4) is 0 Å². The highest BCUT2D eigenvalue weighted by Gasteiger charge is 2.25. The number of unbranched alkanes of at least 4 members (excludes halogenated alkanes) is 20. The first kappa shape index (κ1) is 70.0. The van der Waals surface area contributed by atoms with Gasteiger partial charge in [0.05, 0.1) is 34.4 Å². The Kier molecular flexibility index (Phi) is 52.2. The van der Waals surface area contributed by atoms with E-state index in [4.69, 9.17) is 18.9 Å². The van der Waals surface area contributed by atoms with Gasteiger partial charge in [-0.05, 0) is 83.5 Å². The van der Waals surface area contributed by atoms with Gasteiger partial charge in [0.15, 0.2) is 6.10 Å². The molecule has 0 aliphatic rings. The van der Waals surface area contributed by atoms with Crippen molar-refractivity contribution in [1.82, 2.24) is 0 Å². The zero-order valence-electron chi connectivity index (χ0n) is 48.0. The van der Waals surface area contributed by atoms with E-state index in [1.807, 2.05) is 21.1 Å². The molecule has 2 atom stereocenters. The molecule has 0 saturated heterocycles. The van der Waals surface area contributed by atoms with Crippen LogP contribution in [0.2, 0.25) is 0 Å². The van der Waals surface area contributed by atoms with Gasteiger partial charge >= 0.3 is 17.9 Å². The van der Waals surface area contributed by atoms with Gasteiger partial charge in [0, 0.05) is 12.8 Å². The molecule has 0 aromatic rings. The molecule has 74 heavy (non-hydrogen) atoms. The van der Waals surface area contributed by atoms with E-state index in [-0.39, 0.29) is 32.2 Å². The summed E-state index contributed by atoms with van der Waals surface area (Å²) < 4.78 is 22.8. The Morgan fingerprint density at radius 2 is 0.770 bits per heavy atom. The second kappa shape index (κ2) is 55.2. The van der Waals surface area contributed by atoms with Gasteiger partial charge in [-0.2, -0.15) is 0 Å². The fraction of sp³-hybridized carbons (Fsp3) is 0.677. The van der Waals surface area contributed by atoms with E-state index in [1.54, 1.807) is 0 Å². The van der Waals surface area contributed by atoms with Gasteiger partial charge in [0.25, 0.3) is 6.29 Å². The number of quaternary nitrogens is 1. The van der Waals surface area contributed by atoms with Crippen LogP contribution in [0.5, 0.6) is 0 Å². The minimum absolute atomic E-state index is 0.179. The number of hydrogen-bond donors (Lipinski definition) is 1. The quantitative estimate of drug-likeness (QED) is 0.0211. The van der Waals surface area contributed by atoms with E-state index in [9.17, 15) is 19.5 Å². The molecular weight excluding hydrogens is 923 g/mol. The first-order chi connectivity index (χ1) is 36.1. The van der Waals surface area contributed by atoms with Crippen molar-refractivity contribution in [3.63, 3.8) is 0 Å². The lowest BCUT2D eigenvalue weighted by molar-refractivity contribution is -0.870. The minimum atomic E-state index is -1.52. The molecule has 9 heteroatoms. The number of nitrogens with zero attached hydrogens (tertiary/aromatic N) is 1. The number of carbonyl (C=O) groups excluding carboxylic acids is 2. The van der Waals surface area contributed by atoms with E-state index < -0.39 is 24.3 Å². The number of rotatable bonds is 53. The zero-order valence-corrected chi connectivity index (χ0v) is 48.0. The molecule has 0 heterocycles. The molecule has 0 spiro atoms. The highest BCUT2D eigenvalue weighted by molar-refractivity contribution is 5.71. The van der Waals surface area contributed by atoms with Gasteiger partial charge in [-0.1, -0.05) is 239 Å². The van der Waals surface area contributed by atoms with Crippen molar-refractivity contribution in [2.45, 2.75) is 238 Å². The summed E-state index contributed by atoms with van der Waals surface area (Å²) in [5, 5.41) is 9.70. The predicted octanol–water partition coefficient (Wildman–Crippen LogP) is 17.5. The van der Waals surface area contributed by atoms with Crippen molar-refractivity contribution in [2.24, 2.45) is 0 Å². The summed E-state index contributed by atoms with van der Waals surface area (Å²) in [6, 6.07) is 0. The van der Waals surface area contributed by atoms with E-state index in [0.717, 1.165) is 109 Å². The van der Waals surface area contributed by atoms with E-state index in [0.29, 0.717) is 23.9 Å². The summed E-state index contributed by atoms with van der Waals surface area (Å²) in [6.45, 7) is 4.74. The molecule has 0 saturated carbocycles. The van der Waals surface area contributed by atoms with Crippen molar-refractivity contribution in [1.29, 1.82) is 0 Å². The smallest absolute Gasteiger partial charge is 0.361 e. The number of allylic oxidation sites excluding steroid dienone is 18. The first-order valence-corrected chi connectivity index (χ1v) is 29.6. The summed E-state index contributed by atoms with van der Waals surface area (Å²) >= 11 is 0. The van der Waals surface area contributed by atoms with Gasteiger partial charge in [-0.3, -0.25) is 9.59 Å². The Morgan fingerprint density at radius 3 is 1.15 bits per heavy atom. The molecule has 0 bridgehead atoms. The molecular formula is C65H110NO8+. The molecule has 0 rings (SSSR count). The third-order valence-corrected chi connectivity index (χ3v) is 12.3. The summed E-state index contributed by atoms with van der Waals surface area (Å²) in [6.07, 6.45) is 73.1. The Bertz CT molecular complexity index is 1580. The second-order valence-electron chi connectivity index (χ2n) is 20.6. The second-order valence-corrected chi connectivity index (χ2v) is 20.6. The van der Waals surface area contributed by atoms with E-state index in [2.05, 4.69) is 123 Å². The SMILES string of the molecule is CC/C=C\C/C=C\C/C=C\C/C=C\C/C=C\C/C=C\C/C=C\C/C=C\C/C=C\CCCCCCCC(=O)OC(COC(=O)CCCCCCCCCCCCCCCCCC)COC(OCC[N+](C)(C)C)C(=O)O. The molecule has 422 valence electrons. The van der Waals surface area contributed by atoms with Crippen LogP contribution in [-0.4, -0.2) is 87.4 Å². The standard InChI is InChI=1S/C65H109NO8/c1-6-8-10-12-14-16-18-20-22-24-25-26-27-28-29-30-31-32-33-34-35-36-37-38-39-40-42-44-46-48-50-52-54-56-63(68)74-61(60-73-65(64(69)70)71-58-57-66(3,4)5)59-72-62(67)55-53-51-49-47-45-43-41-23-21-19-17-15-13-11-9-7-2/h8,10,14,16,20,22,25-26,28-29,31-32,34-35,37-38,40,42,61,65H,6-7,9,11-13,15,17-19,21,23-24,27,30,33,36,39,41,43-60H2,1-5H3/p+1/b10-8-,16-14-,22-20-,26-25-,29-28-,32-31-,35-34-,38-37-,42-40-. The van der Waals surface area contributed by atoms with E-state index in [1.165, 1.54) is 83.5 Å². The number of carboxylic acids is 1. The Balaban J connectivity index is 4.29. The molecule has 0 aliphatic carbocycles. The fourth-order valence-electron chi connectivity index (χ4n) is 7.77. The number of likely N-dealkylation sites (N-methyl/N-ethyl adjacent to an activating group) is 1. The van der Waals surface area contributed by atoms with Gasteiger partial charge in [0.1, 0.15) is 13.2 Å². The van der Waals surface area contributed by atoms with Crippen molar-refractivity contribution in [2.75, 3.05) is 47.5 Å². The van der Waals surface area contributed by atoms with Crippen molar-refractivity contribution in [3.05, 3.63) is 109 Å². The fourth-order valence-corrected chi connectivity index (χ4v) is 7.77. The molecule has 0 amide bonds. The topological polar surface area (TPSA) is 108 Å². The minimum Gasteiger partial charge on any atom is -0.477 e. The van der Waals surface area contributed by atoms with Gasteiger partial charge in [-0.25, -0.2) is 4.79 Å². The van der Waals surface area contributed by atoms with Crippen molar-refractivity contribution < 1.29 is 42.9 Å². The van der Waals surface area contributed by atoms with E-state index >= 15 is 0 Å². The lowest BCUT2D eigenvalue weighted by Gasteiger charge is -2.25. The Labute approximate surface area is 454 Å². The first-order valence-electron chi connectivity index (χ1n) is 29.6. The Morgan fingerprint density at radius 1 is 0.419 bits per heavy atom. The lowest BCUT2D eigenvalue weighted by atomic mass is 10.0. The molecule has 0 aliphatic heterocycles. The van der Waals surface area contributed by atoms with Crippen LogP contribution in [0.25, 0.3) is 0 Å². The number of hydrogen-bond acceptors (Lipinski definition) is 7. The molecule has 0 aromatic heterocycles. The van der Waals surface area contributed by atoms with Crippen LogP contribution in [-0.2, 0) is 33.3 Å². The largest absolute Gasteiger partial charge is 0.477 e. The van der Waals surface area contributed by atoms with Crippen LogP contribution in [0.4, 0.5) is 0 Å².